The summed E-state index contributed by atoms with van der Waals surface area (Å²) >= 11 is 0. The molecule has 0 rings (SSSR count). The molecule has 10 nitrogen and oxygen atoms in total. The quantitative estimate of drug-likeness (QED) is 0.0589. The van der Waals surface area contributed by atoms with Crippen LogP contribution in [0.15, 0.2) is 0 Å². The predicted molar refractivity (Wildman–Crippen MR) is 278 cm³/mol. The molecule has 0 saturated heterocycles. The highest BCUT2D eigenvalue weighted by molar-refractivity contribution is 5.88. The van der Waals surface area contributed by atoms with Gasteiger partial charge >= 0.3 is 0 Å². The zero-order valence-corrected chi connectivity index (χ0v) is 44.9. The van der Waals surface area contributed by atoms with Crippen LogP contribution < -0.4 is 10.6 Å². The Labute approximate surface area is 403 Å². The average Bonchev–Trinajstić information content (AvgIpc) is 3.28. The van der Waals surface area contributed by atoms with Crippen molar-refractivity contribution >= 4 is 23.6 Å². The monoisotopic (exact) mass is 919 g/mol. The number of carbonyl (C=O) groups is 4. The lowest BCUT2D eigenvalue weighted by Crippen LogP contribution is -2.53. The maximum Gasteiger partial charge on any atom is 0.243 e. The molecule has 384 valence electrons. The molecule has 0 aromatic heterocycles. The summed E-state index contributed by atoms with van der Waals surface area (Å²) in [6.07, 6.45) is 29.4. The number of hydrogen-bond acceptors (Lipinski definition) is 6. The molecule has 0 fully saturated rings. The molecule has 0 spiro atoms. The minimum atomic E-state index is -0.459. The maximum atomic E-state index is 13.8. The van der Waals surface area contributed by atoms with Gasteiger partial charge in [0.2, 0.25) is 23.6 Å². The molecule has 0 aliphatic rings. The second kappa shape index (κ2) is 43.1. The van der Waals surface area contributed by atoms with E-state index in [0.717, 1.165) is 110 Å². The van der Waals surface area contributed by atoms with Gasteiger partial charge in [-0.3, -0.25) is 19.2 Å². The van der Waals surface area contributed by atoms with E-state index in [1.54, 1.807) is 0 Å². The minimum absolute atomic E-state index is 0.0263. The van der Waals surface area contributed by atoms with Crippen molar-refractivity contribution in [2.75, 3.05) is 65.4 Å². The van der Waals surface area contributed by atoms with Gasteiger partial charge in [-0.05, 0) is 89.6 Å². The highest BCUT2D eigenvalue weighted by Gasteiger charge is 2.33. The maximum absolute atomic E-state index is 13.8. The van der Waals surface area contributed by atoms with Gasteiger partial charge in [0.25, 0.3) is 0 Å². The molecule has 2 atom stereocenters. The van der Waals surface area contributed by atoms with Gasteiger partial charge in [-0.2, -0.15) is 0 Å². The van der Waals surface area contributed by atoms with E-state index in [9.17, 15) is 19.2 Å². The van der Waals surface area contributed by atoms with Gasteiger partial charge in [0, 0.05) is 39.0 Å². The standard InChI is InChI=1S/C55H110N6O4/c1-11-17-19-21-23-25-27-30-34-40-50(62)60(46-38-44-58(13-3)14-4)52(48(7)8)54(64)56-42-36-32-29-33-37-43-57-55(65)53(49(9)10)61(47-39-45-59(15-5)16-6)51(63)41-35-31-28-26-24-22-20-18-12-2/h48-49,52-53H,11-47H2,1-10H3,(H,56,64)(H,57,65). The summed E-state index contributed by atoms with van der Waals surface area (Å²) in [6.45, 7) is 29.7. The Morgan fingerprint density at radius 3 is 0.908 bits per heavy atom. The lowest BCUT2D eigenvalue weighted by Gasteiger charge is -2.34. The van der Waals surface area contributed by atoms with Crippen LogP contribution in [-0.4, -0.2) is 121 Å². The first-order valence-corrected chi connectivity index (χ1v) is 28.0. The molecule has 2 unspecified atom stereocenters. The summed E-state index contributed by atoms with van der Waals surface area (Å²) in [4.78, 5) is 63.6. The lowest BCUT2D eigenvalue weighted by atomic mass is 9.99. The van der Waals surface area contributed by atoms with E-state index in [2.05, 4.69) is 89.7 Å². The van der Waals surface area contributed by atoms with E-state index in [-0.39, 0.29) is 35.5 Å². The Bertz CT molecular complexity index is 1060. The highest BCUT2D eigenvalue weighted by atomic mass is 16.2. The molecule has 4 amide bonds. The fraction of sp³-hybridized carbons (Fsp3) is 0.927. The number of carbonyl (C=O) groups excluding carboxylic acids is 4. The molecule has 0 heterocycles. The van der Waals surface area contributed by atoms with E-state index < -0.39 is 12.1 Å². The second-order valence-electron chi connectivity index (χ2n) is 19.8. The van der Waals surface area contributed by atoms with E-state index in [0.29, 0.717) is 39.0 Å². The van der Waals surface area contributed by atoms with Crippen molar-refractivity contribution in [2.24, 2.45) is 11.8 Å². The third-order valence-corrected chi connectivity index (χ3v) is 13.6. The van der Waals surface area contributed by atoms with Gasteiger partial charge in [-0.15, -0.1) is 0 Å². The van der Waals surface area contributed by atoms with Crippen molar-refractivity contribution in [3.05, 3.63) is 0 Å². The summed E-state index contributed by atoms with van der Waals surface area (Å²) in [5.41, 5.74) is 0. The molecule has 0 radical (unpaired) electrons. The highest BCUT2D eigenvalue weighted by Crippen LogP contribution is 2.19. The summed E-state index contributed by atoms with van der Waals surface area (Å²) in [7, 11) is 0. The lowest BCUT2D eigenvalue weighted by molar-refractivity contribution is -0.142. The van der Waals surface area contributed by atoms with Crippen molar-refractivity contribution in [3.8, 4) is 0 Å². The normalized spacial score (nSPS) is 12.6. The summed E-state index contributed by atoms with van der Waals surface area (Å²) in [6, 6.07) is -0.918. The minimum Gasteiger partial charge on any atom is -0.354 e. The Morgan fingerprint density at radius 1 is 0.354 bits per heavy atom. The van der Waals surface area contributed by atoms with Gasteiger partial charge in [0.05, 0.1) is 0 Å². The molecule has 2 N–H and O–H groups in total. The molecular formula is C55H110N6O4. The molecule has 0 aromatic rings. The van der Waals surface area contributed by atoms with E-state index in [1.807, 2.05) is 9.80 Å². The van der Waals surface area contributed by atoms with Gasteiger partial charge in [-0.1, -0.05) is 191 Å². The smallest absolute Gasteiger partial charge is 0.243 e. The van der Waals surface area contributed by atoms with Crippen LogP contribution in [0, 0.1) is 11.8 Å². The zero-order valence-electron chi connectivity index (χ0n) is 44.9. The molecule has 0 aliphatic carbocycles. The molecule has 10 heteroatoms. The fourth-order valence-electron chi connectivity index (χ4n) is 9.33. The molecule has 0 saturated carbocycles. The largest absolute Gasteiger partial charge is 0.354 e. The Hall–Kier alpha value is -2.20. The van der Waals surface area contributed by atoms with Gasteiger partial charge in [-0.25, -0.2) is 0 Å². The van der Waals surface area contributed by atoms with Gasteiger partial charge in [0.15, 0.2) is 0 Å². The SMILES string of the molecule is CCCCCCCCCCCC(=O)N(CCCN(CC)CC)C(C(=O)NCCCCCCCNC(=O)C(C(C)C)N(CCCN(CC)CC)C(=O)CCCCCCCCCCC)C(C)C. The van der Waals surface area contributed by atoms with Gasteiger partial charge in [0.1, 0.15) is 12.1 Å². The van der Waals surface area contributed by atoms with Gasteiger partial charge < -0.3 is 30.2 Å². The third kappa shape index (κ3) is 31.5. The van der Waals surface area contributed by atoms with E-state index >= 15 is 0 Å². The van der Waals surface area contributed by atoms with Crippen molar-refractivity contribution in [1.82, 2.24) is 30.2 Å². The van der Waals surface area contributed by atoms with Crippen molar-refractivity contribution in [3.63, 3.8) is 0 Å². The predicted octanol–water partition coefficient (Wildman–Crippen LogP) is 12.2. The fourth-order valence-corrected chi connectivity index (χ4v) is 9.33. The number of nitrogens with zero attached hydrogens (tertiary/aromatic N) is 4. The van der Waals surface area contributed by atoms with Crippen LogP contribution in [0.25, 0.3) is 0 Å². The van der Waals surface area contributed by atoms with Crippen LogP contribution in [-0.2, 0) is 19.2 Å². The Balaban J connectivity index is 5.09. The number of unbranched alkanes of at least 4 members (excludes halogenated alkanes) is 20. The van der Waals surface area contributed by atoms with Crippen LogP contribution in [0.5, 0.6) is 0 Å². The zero-order chi connectivity index (χ0) is 48.5. The van der Waals surface area contributed by atoms with Crippen LogP contribution >= 0.6 is 0 Å². The molecule has 0 aliphatic heterocycles. The molecule has 65 heavy (non-hydrogen) atoms. The topological polar surface area (TPSA) is 105 Å². The van der Waals surface area contributed by atoms with Crippen LogP contribution in [0.2, 0.25) is 0 Å². The van der Waals surface area contributed by atoms with Crippen molar-refractivity contribution in [2.45, 2.75) is 255 Å². The molecule has 0 aromatic carbocycles. The number of nitrogens with one attached hydrogen (secondary N) is 2. The van der Waals surface area contributed by atoms with Crippen LogP contribution in [0.3, 0.4) is 0 Å². The first-order chi connectivity index (χ1) is 31.4. The van der Waals surface area contributed by atoms with E-state index in [1.165, 1.54) is 89.9 Å². The van der Waals surface area contributed by atoms with Crippen molar-refractivity contribution < 1.29 is 19.2 Å². The first-order valence-electron chi connectivity index (χ1n) is 28.0. The second-order valence-corrected chi connectivity index (χ2v) is 19.8. The Morgan fingerprint density at radius 2 is 0.631 bits per heavy atom. The van der Waals surface area contributed by atoms with Crippen LogP contribution in [0.1, 0.15) is 243 Å². The molecule has 0 bridgehead atoms. The summed E-state index contributed by atoms with van der Waals surface area (Å²) in [5.74, 6) is 0.240. The summed E-state index contributed by atoms with van der Waals surface area (Å²) < 4.78 is 0. The number of amides is 4. The average molecular weight is 920 g/mol. The molecular weight excluding hydrogens is 809 g/mol. The third-order valence-electron chi connectivity index (χ3n) is 13.6. The number of rotatable bonds is 46. The van der Waals surface area contributed by atoms with Crippen LogP contribution in [0.4, 0.5) is 0 Å². The number of hydrogen-bond donors (Lipinski definition) is 2. The Kier molecular flexibility index (Phi) is 41.6. The first kappa shape index (κ1) is 62.8. The summed E-state index contributed by atoms with van der Waals surface area (Å²) in [5, 5.41) is 6.41. The van der Waals surface area contributed by atoms with Crippen molar-refractivity contribution in [1.29, 1.82) is 0 Å². The van der Waals surface area contributed by atoms with E-state index in [4.69, 9.17) is 0 Å².